The standard InChI is InChI=1S/C23H27ClN2O/c1-4-25-15-21-20-14-18(24)7-10-22(20)26(23(21)13-16(25)2)12-11-17-5-8-19(27-3)9-6-17/h5-10,14,16H,4,11-13,15H2,1-3H3. The minimum Gasteiger partial charge on any atom is -0.497 e. The third-order valence-corrected chi connectivity index (χ3v) is 6.15. The summed E-state index contributed by atoms with van der Waals surface area (Å²) in [6.07, 6.45) is 2.10. The Bertz CT molecular complexity index is 945. The van der Waals surface area contributed by atoms with Crippen molar-refractivity contribution in [3.05, 3.63) is 64.3 Å². The number of ether oxygens (including phenoxy) is 1. The zero-order valence-electron chi connectivity index (χ0n) is 16.3. The van der Waals surface area contributed by atoms with E-state index in [0.717, 1.165) is 43.2 Å². The Labute approximate surface area is 166 Å². The number of likely N-dealkylation sites (N-methyl/N-ethyl adjacent to an activating group) is 1. The van der Waals surface area contributed by atoms with Crippen molar-refractivity contribution in [2.75, 3.05) is 13.7 Å². The molecule has 0 fully saturated rings. The van der Waals surface area contributed by atoms with E-state index < -0.39 is 0 Å². The number of hydrogen-bond donors (Lipinski definition) is 0. The lowest BCUT2D eigenvalue weighted by atomic mass is 9.99. The average Bonchev–Trinajstić information content (AvgIpc) is 2.97. The predicted molar refractivity (Wildman–Crippen MR) is 113 cm³/mol. The molecule has 0 spiro atoms. The molecule has 4 heteroatoms. The van der Waals surface area contributed by atoms with Crippen molar-refractivity contribution in [3.63, 3.8) is 0 Å². The van der Waals surface area contributed by atoms with Crippen LogP contribution in [-0.4, -0.2) is 29.2 Å². The van der Waals surface area contributed by atoms with Gasteiger partial charge >= 0.3 is 0 Å². The molecule has 0 N–H and O–H groups in total. The van der Waals surface area contributed by atoms with Crippen LogP contribution in [0.2, 0.25) is 5.02 Å². The Morgan fingerprint density at radius 1 is 1.15 bits per heavy atom. The van der Waals surface area contributed by atoms with Crippen LogP contribution in [-0.2, 0) is 25.9 Å². The SMILES string of the molecule is CCN1Cc2c(n(CCc3ccc(OC)cc3)c3ccc(Cl)cc23)CC1C. The summed E-state index contributed by atoms with van der Waals surface area (Å²) in [5, 5.41) is 2.14. The lowest BCUT2D eigenvalue weighted by Gasteiger charge is -2.33. The van der Waals surface area contributed by atoms with Crippen molar-refractivity contribution in [1.29, 1.82) is 0 Å². The number of hydrogen-bond acceptors (Lipinski definition) is 2. The van der Waals surface area contributed by atoms with Gasteiger partial charge in [0.1, 0.15) is 5.75 Å². The van der Waals surface area contributed by atoms with Crippen LogP contribution >= 0.6 is 11.6 Å². The van der Waals surface area contributed by atoms with Crippen LogP contribution in [0.3, 0.4) is 0 Å². The molecule has 1 atom stereocenters. The highest BCUT2D eigenvalue weighted by molar-refractivity contribution is 6.31. The molecule has 0 bridgehead atoms. The molecule has 0 saturated carbocycles. The molecule has 0 aliphatic carbocycles. The Balaban J connectivity index is 1.70. The van der Waals surface area contributed by atoms with Crippen LogP contribution in [0.4, 0.5) is 0 Å². The summed E-state index contributed by atoms with van der Waals surface area (Å²) in [4.78, 5) is 2.55. The number of halogens is 1. The van der Waals surface area contributed by atoms with E-state index in [9.17, 15) is 0 Å². The van der Waals surface area contributed by atoms with E-state index in [2.05, 4.69) is 47.6 Å². The normalized spacial score (nSPS) is 17.3. The summed E-state index contributed by atoms with van der Waals surface area (Å²) in [6.45, 7) is 7.67. The quantitative estimate of drug-likeness (QED) is 0.594. The van der Waals surface area contributed by atoms with E-state index in [1.165, 1.54) is 27.7 Å². The molecule has 1 aliphatic heterocycles. The van der Waals surface area contributed by atoms with Crippen LogP contribution in [0.5, 0.6) is 5.75 Å². The van der Waals surface area contributed by atoms with Gasteiger partial charge < -0.3 is 9.30 Å². The zero-order valence-corrected chi connectivity index (χ0v) is 17.1. The number of benzene rings is 2. The fourth-order valence-electron chi connectivity index (χ4n) is 4.34. The molecule has 27 heavy (non-hydrogen) atoms. The molecule has 1 unspecified atom stereocenters. The first-order valence-corrected chi connectivity index (χ1v) is 10.1. The Morgan fingerprint density at radius 2 is 1.93 bits per heavy atom. The number of methoxy groups -OCH3 is 1. The molecule has 0 saturated heterocycles. The molecule has 142 valence electrons. The molecule has 0 radical (unpaired) electrons. The van der Waals surface area contributed by atoms with Crippen molar-refractivity contribution in [2.45, 2.75) is 45.8 Å². The van der Waals surface area contributed by atoms with Crippen molar-refractivity contribution >= 4 is 22.5 Å². The lowest BCUT2D eigenvalue weighted by Crippen LogP contribution is -2.38. The second-order valence-corrected chi connectivity index (χ2v) is 7.89. The highest BCUT2D eigenvalue weighted by Crippen LogP contribution is 2.34. The van der Waals surface area contributed by atoms with Gasteiger partial charge in [0.05, 0.1) is 7.11 Å². The van der Waals surface area contributed by atoms with Gasteiger partial charge in [0.25, 0.3) is 0 Å². The largest absolute Gasteiger partial charge is 0.497 e. The summed E-state index contributed by atoms with van der Waals surface area (Å²) in [6, 6.07) is 15.3. The van der Waals surface area contributed by atoms with Gasteiger partial charge in [-0.25, -0.2) is 0 Å². The van der Waals surface area contributed by atoms with Gasteiger partial charge in [0.15, 0.2) is 0 Å². The first-order valence-electron chi connectivity index (χ1n) is 9.77. The topological polar surface area (TPSA) is 17.4 Å². The number of aromatic nitrogens is 1. The third-order valence-electron chi connectivity index (χ3n) is 5.91. The van der Waals surface area contributed by atoms with Crippen LogP contribution in [0, 0.1) is 0 Å². The maximum Gasteiger partial charge on any atom is 0.118 e. The van der Waals surface area contributed by atoms with E-state index in [1.54, 1.807) is 7.11 Å². The van der Waals surface area contributed by atoms with E-state index in [4.69, 9.17) is 16.3 Å². The van der Waals surface area contributed by atoms with Crippen LogP contribution in [0.1, 0.15) is 30.7 Å². The molecular formula is C23H27ClN2O. The van der Waals surface area contributed by atoms with E-state index in [-0.39, 0.29) is 0 Å². The molecule has 0 amide bonds. The lowest BCUT2D eigenvalue weighted by molar-refractivity contribution is 0.192. The maximum atomic E-state index is 6.34. The molecule has 1 aliphatic rings. The summed E-state index contributed by atoms with van der Waals surface area (Å²) in [7, 11) is 1.71. The monoisotopic (exact) mass is 382 g/mol. The zero-order chi connectivity index (χ0) is 19.0. The molecule has 2 aromatic carbocycles. The third kappa shape index (κ3) is 3.46. The van der Waals surface area contributed by atoms with Gasteiger partial charge in [0.2, 0.25) is 0 Å². The van der Waals surface area contributed by atoms with E-state index in [1.807, 2.05) is 18.2 Å². The van der Waals surface area contributed by atoms with Crippen molar-refractivity contribution < 1.29 is 4.74 Å². The summed E-state index contributed by atoms with van der Waals surface area (Å²) in [5.74, 6) is 0.908. The number of aryl methyl sites for hydroxylation is 2. The fraction of sp³-hybridized carbons (Fsp3) is 0.391. The van der Waals surface area contributed by atoms with Crippen molar-refractivity contribution in [2.24, 2.45) is 0 Å². The van der Waals surface area contributed by atoms with Crippen molar-refractivity contribution in [3.8, 4) is 5.75 Å². The van der Waals surface area contributed by atoms with Gasteiger partial charge in [0, 0.05) is 47.2 Å². The van der Waals surface area contributed by atoms with Gasteiger partial charge in [-0.05, 0) is 61.3 Å². The predicted octanol–water partition coefficient (Wildman–Crippen LogP) is 5.31. The minimum atomic E-state index is 0.571. The Morgan fingerprint density at radius 3 is 2.63 bits per heavy atom. The van der Waals surface area contributed by atoms with Gasteiger partial charge in [-0.15, -0.1) is 0 Å². The second kappa shape index (κ2) is 7.57. The number of nitrogens with zero attached hydrogens (tertiary/aromatic N) is 2. The molecule has 3 aromatic rings. The summed E-state index contributed by atoms with van der Waals surface area (Å²) < 4.78 is 7.80. The molecule has 4 rings (SSSR count). The minimum absolute atomic E-state index is 0.571. The summed E-state index contributed by atoms with van der Waals surface area (Å²) >= 11 is 6.34. The average molecular weight is 383 g/mol. The Kier molecular flexibility index (Phi) is 5.16. The molecule has 1 aromatic heterocycles. The Hall–Kier alpha value is -1.97. The number of fused-ring (bicyclic) bond motifs is 3. The van der Waals surface area contributed by atoms with E-state index >= 15 is 0 Å². The number of rotatable bonds is 5. The van der Waals surface area contributed by atoms with Gasteiger partial charge in [-0.1, -0.05) is 30.7 Å². The van der Waals surface area contributed by atoms with Gasteiger partial charge in [-0.2, -0.15) is 0 Å². The fourth-order valence-corrected chi connectivity index (χ4v) is 4.51. The van der Waals surface area contributed by atoms with E-state index in [0.29, 0.717) is 6.04 Å². The molecular weight excluding hydrogens is 356 g/mol. The molecule has 3 nitrogen and oxygen atoms in total. The maximum absolute atomic E-state index is 6.34. The highest BCUT2D eigenvalue weighted by atomic mass is 35.5. The highest BCUT2D eigenvalue weighted by Gasteiger charge is 2.27. The first-order chi connectivity index (χ1) is 13.1. The smallest absolute Gasteiger partial charge is 0.118 e. The van der Waals surface area contributed by atoms with Crippen LogP contribution in [0.15, 0.2) is 42.5 Å². The van der Waals surface area contributed by atoms with Crippen molar-refractivity contribution in [1.82, 2.24) is 9.47 Å². The molecule has 2 heterocycles. The van der Waals surface area contributed by atoms with Gasteiger partial charge in [-0.3, -0.25) is 4.90 Å². The van der Waals surface area contributed by atoms with Crippen LogP contribution < -0.4 is 4.74 Å². The second-order valence-electron chi connectivity index (χ2n) is 7.45. The first kappa shape index (κ1) is 18.4. The van der Waals surface area contributed by atoms with Crippen LogP contribution in [0.25, 0.3) is 10.9 Å². The summed E-state index contributed by atoms with van der Waals surface area (Å²) in [5.41, 5.74) is 5.59.